The molecule has 0 radical (unpaired) electrons. The molecule has 108 valence electrons. The molecule has 5 heteroatoms. The molecule has 1 fully saturated rings. The molecule has 1 atom stereocenters. The summed E-state index contributed by atoms with van der Waals surface area (Å²) in [5, 5.41) is 2.89. The highest BCUT2D eigenvalue weighted by molar-refractivity contribution is 5.95. The van der Waals surface area contributed by atoms with Crippen LogP contribution < -0.4 is 16.0 Å². The van der Waals surface area contributed by atoms with Crippen molar-refractivity contribution in [3.8, 4) is 0 Å². The number of carbonyl (C=O) groups excluding carboxylic acids is 2. The zero-order valence-corrected chi connectivity index (χ0v) is 11.8. The van der Waals surface area contributed by atoms with Crippen LogP contribution in [-0.2, 0) is 4.79 Å². The van der Waals surface area contributed by atoms with Gasteiger partial charge in [-0.05, 0) is 50.5 Å². The molecule has 4 N–H and O–H groups in total. The molecule has 0 bridgehead atoms. The summed E-state index contributed by atoms with van der Waals surface area (Å²) in [5.41, 5.74) is 6.32. The fourth-order valence-corrected chi connectivity index (χ4v) is 2.59. The van der Waals surface area contributed by atoms with Gasteiger partial charge in [0, 0.05) is 11.3 Å². The number of primary amides is 1. The van der Waals surface area contributed by atoms with E-state index in [4.69, 9.17) is 5.73 Å². The summed E-state index contributed by atoms with van der Waals surface area (Å²) < 4.78 is 0. The van der Waals surface area contributed by atoms with Gasteiger partial charge in [0.2, 0.25) is 5.91 Å². The first-order chi connectivity index (χ1) is 9.58. The van der Waals surface area contributed by atoms with Crippen molar-refractivity contribution >= 4 is 17.5 Å². The van der Waals surface area contributed by atoms with E-state index in [1.54, 1.807) is 24.3 Å². The van der Waals surface area contributed by atoms with Crippen molar-refractivity contribution in [3.05, 3.63) is 29.8 Å². The van der Waals surface area contributed by atoms with E-state index in [9.17, 15) is 9.59 Å². The standard InChI is InChI=1S/C15H21N3O2/c1-11(18-9-3-2-4-10-18)15(20)17-13-7-5-12(6-8-13)14(16)19/h5-8,11H,2-4,9-10H2,1H3,(H2,16,19)(H,17,20)/p+1/t11-/m1/s1. The van der Waals surface area contributed by atoms with Crippen molar-refractivity contribution in [2.75, 3.05) is 18.4 Å². The van der Waals surface area contributed by atoms with Gasteiger partial charge in [-0.15, -0.1) is 0 Å². The Morgan fingerprint density at radius 3 is 2.30 bits per heavy atom. The molecule has 0 aromatic heterocycles. The Balaban J connectivity index is 1.94. The van der Waals surface area contributed by atoms with Crippen LogP contribution in [0, 0.1) is 0 Å². The van der Waals surface area contributed by atoms with E-state index >= 15 is 0 Å². The molecule has 0 spiro atoms. The van der Waals surface area contributed by atoms with Gasteiger partial charge in [-0.25, -0.2) is 0 Å². The maximum absolute atomic E-state index is 12.2. The monoisotopic (exact) mass is 276 g/mol. The van der Waals surface area contributed by atoms with Gasteiger partial charge in [0.1, 0.15) is 0 Å². The minimum Gasteiger partial charge on any atom is -0.366 e. The molecule has 1 aromatic rings. The molecule has 1 aromatic carbocycles. The zero-order chi connectivity index (χ0) is 14.5. The second-order valence-electron chi connectivity index (χ2n) is 5.37. The van der Waals surface area contributed by atoms with Crippen LogP contribution in [0.2, 0.25) is 0 Å². The van der Waals surface area contributed by atoms with Crippen molar-refractivity contribution in [1.29, 1.82) is 0 Å². The Morgan fingerprint density at radius 2 is 1.75 bits per heavy atom. The number of benzene rings is 1. The number of hydrogen-bond donors (Lipinski definition) is 3. The van der Waals surface area contributed by atoms with Gasteiger partial charge < -0.3 is 16.0 Å². The summed E-state index contributed by atoms with van der Waals surface area (Å²) in [6.45, 7) is 4.10. The third kappa shape index (κ3) is 3.57. The van der Waals surface area contributed by atoms with Crippen LogP contribution in [0.25, 0.3) is 0 Å². The molecule has 0 unspecified atom stereocenters. The molecule has 20 heavy (non-hydrogen) atoms. The molecule has 1 aliphatic heterocycles. The molecule has 5 nitrogen and oxygen atoms in total. The maximum atomic E-state index is 12.2. The summed E-state index contributed by atoms with van der Waals surface area (Å²) in [7, 11) is 0. The van der Waals surface area contributed by atoms with Crippen molar-refractivity contribution in [1.82, 2.24) is 0 Å². The predicted octanol–water partition coefficient (Wildman–Crippen LogP) is 0.181. The van der Waals surface area contributed by atoms with Crippen molar-refractivity contribution in [2.24, 2.45) is 5.73 Å². The Hall–Kier alpha value is -1.88. The molecule has 1 heterocycles. The molecular formula is C15H22N3O2+. The Labute approximate surface area is 119 Å². The van der Waals surface area contributed by atoms with E-state index in [1.807, 2.05) is 6.92 Å². The number of quaternary nitrogens is 1. The molecular weight excluding hydrogens is 254 g/mol. The van der Waals surface area contributed by atoms with Gasteiger partial charge in [0.05, 0.1) is 13.1 Å². The number of anilines is 1. The number of piperidine rings is 1. The lowest BCUT2D eigenvalue weighted by atomic mass is 10.1. The van der Waals surface area contributed by atoms with E-state index in [2.05, 4.69) is 5.32 Å². The second kappa shape index (κ2) is 6.52. The van der Waals surface area contributed by atoms with Gasteiger partial charge >= 0.3 is 0 Å². The highest BCUT2D eigenvalue weighted by atomic mass is 16.2. The number of nitrogens with one attached hydrogen (secondary N) is 2. The van der Waals surface area contributed by atoms with Crippen LogP contribution in [-0.4, -0.2) is 30.9 Å². The highest BCUT2D eigenvalue weighted by Gasteiger charge is 2.26. The van der Waals surface area contributed by atoms with E-state index < -0.39 is 5.91 Å². The van der Waals surface area contributed by atoms with Gasteiger partial charge in [-0.2, -0.15) is 0 Å². The predicted molar refractivity (Wildman–Crippen MR) is 77.6 cm³/mol. The van der Waals surface area contributed by atoms with E-state index in [0.717, 1.165) is 13.1 Å². The average Bonchev–Trinajstić information content (AvgIpc) is 2.48. The largest absolute Gasteiger partial charge is 0.366 e. The topological polar surface area (TPSA) is 76.6 Å². The summed E-state index contributed by atoms with van der Waals surface area (Å²) in [6.07, 6.45) is 3.66. The molecule has 1 saturated heterocycles. The molecule has 2 rings (SSSR count). The van der Waals surface area contributed by atoms with Crippen molar-refractivity contribution < 1.29 is 14.5 Å². The third-order valence-corrected chi connectivity index (χ3v) is 3.94. The van der Waals surface area contributed by atoms with E-state index in [-0.39, 0.29) is 11.9 Å². The molecule has 0 saturated carbocycles. The third-order valence-electron chi connectivity index (χ3n) is 3.94. The SMILES string of the molecule is C[C@H](C(=O)Nc1ccc(C(N)=O)cc1)[NH+]1CCCCC1. The Bertz CT molecular complexity index is 478. The zero-order valence-electron chi connectivity index (χ0n) is 11.8. The lowest BCUT2D eigenvalue weighted by Crippen LogP contribution is -3.17. The van der Waals surface area contributed by atoms with Gasteiger partial charge in [-0.1, -0.05) is 0 Å². The fourth-order valence-electron chi connectivity index (χ4n) is 2.59. The van der Waals surface area contributed by atoms with Crippen LogP contribution in [0.1, 0.15) is 36.5 Å². The summed E-state index contributed by atoms with van der Waals surface area (Å²) >= 11 is 0. The number of carbonyl (C=O) groups is 2. The number of rotatable bonds is 4. The first kappa shape index (κ1) is 14.5. The normalized spacial score (nSPS) is 17.4. The Kier molecular flexibility index (Phi) is 4.74. The lowest BCUT2D eigenvalue weighted by molar-refractivity contribution is -0.918. The first-order valence-corrected chi connectivity index (χ1v) is 7.13. The van der Waals surface area contributed by atoms with Crippen LogP contribution >= 0.6 is 0 Å². The molecule has 0 aliphatic carbocycles. The summed E-state index contributed by atoms with van der Waals surface area (Å²) in [6, 6.07) is 6.60. The minimum atomic E-state index is -0.464. The van der Waals surface area contributed by atoms with Gasteiger partial charge in [0.15, 0.2) is 6.04 Å². The fraction of sp³-hybridized carbons (Fsp3) is 0.467. The average molecular weight is 276 g/mol. The van der Waals surface area contributed by atoms with Crippen LogP contribution in [0.5, 0.6) is 0 Å². The highest BCUT2D eigenvalue weighted by Crippen LogP contribution is 2.09. The number of amides is 2. The van der Waals surface area contributed by atoms with Gasteiger partial charge in [0.25, 0.3) is 5.91 Å². The van der Waals surface area contributed by atoms with Gasteiger partial charge in [-0.3, -0.25) is 9.59 Å². The van der Waals surface area contributed by atoms with Crippen LogP contribution in [0.4, 0.5) is 5.69 Å². The number of hydrogen-bond acceptors (Lipinski definition) is 2. The maximum Gasteiger partial charge on any atom is 0.282 e. The Morgan fingerprint density at radius 1 is 1.15 bits per heavy atom. The smallest absolute Gasteiger partial charge is 0.282 e. The van der Waals surface area contributed by atoms with Crippen LogP contribution in [0.15, 0.2) is 24.3 Å². The molecule has 2 amide bonds. The number of likely N-dealkylation sites (tertiary alicyclic amines) is 1. The summed E-state index contributed by atoms with van der Waals surface area (Å²) in [5.74, 6) is -0.442. The second-order valence-corrected chi connectivity index (χ2v) is 5.37. The first-order valence-electron chi connectivity index (χ1n) is 7.13. The lowest BCUT2D eigenvalue weighted by Gasteiger charge is -2.28. The van der Waals surface area contributed by atoms with E-state index in [0.29, 0.717) is 11.3 Å². The van der Waals surface area contributed by atoms with Crippen LogP contribution in [0.3, 0.4) is 0 Å². The minimum absolute atomic E-state index is 0.0220. The summed E-state index contributed by atoms with van der Waals surface area (Å²) in [4.78, 5) is 24.5. The van der Waals surface area contributed by atoms with Crippen molar-refractivity contribution in [2.45, 2.75) is 32.2 Å². The van der Waals surface area contributed by atoms with Crippen molar-refractivity contribution in [3.63, 3.8) is 0 Å². The van der Waals surface area contributed by atoms with E-state index in [1.165, 1.54) is 24.2 Å². The number of nitrogens with two attached hydrogens (primary N) is 1. The molecule has 1 aliphatic rings. The quantitative estimate of drug-likeness (QED) is 0.734.